The third-order valence-corrected chi connectivity index (χ3v) is 2.61. The maximum Gasteiger partial charge on any atom is 0.317 e. The molecule has 0 aliphatic carbocycles. The molecule has 5 heteroatoms. The fourth-order valence-electron chi connectivity index (χ4n) is 1.86. The Morgan fingerprint density at radius 3 is 2.94 bits per heavy atom. The lowest BCUT2D eigenvalue weighted by molar-refractivity contribution is -0.138. The number of carboxylic acid groups (broad SMARTS) is 1. The van der Waals surface area contributed by atoms with E-state index in [1.807, 2.05) is 6.07 Å². The number of para-hydroxylation sites is 1. The first-order valence-corrected chi connectivity index (χ1v) is 5.00. The molecular weight excluding hydrogens is 210 g/mol. The zero-order valence-corrected chi connectivity index (χ0v) is 8.67. The molecule has 0 amide bonds. The second kappa shape index (κ2) is 4.51. The minimum Gasteiger partial charge on any atom is -0.508 e. The van der Waals surface area contributed by atoms with Crippen LogP contribution >= 0.6 is 0 Å². The minimum absolute atomic E-state index is 0.0843. The fraction of sp³-hybridized carbons (Fsp3) is 0.364. The third-order valence-electron chi connectivity index (χ3n) is 2.61. The second-order valence-electron chi connectivity index (χ2n) is 3.72. The Bertz CT molecular complexity index is 393. The first-order chi connectivity index (χ1) is 7.68. The number of benzene rings is 1. The summed E-state index contributed by atoms with van der Waals surface area (Å²) in [6.45, 7) is 0.606. The van der Waals surface area contributed by atoms with Gasteiger partial charge in [-0.2, -0.15) is 0 Å². The molecule has 1 aliphatic heterocycles. The van der Waals surface area contributed by atoms with Gasteiger partial charge in [0.25, 0.3) is 0 Å². The van der Waals surface area contributed by atoms with Crippen molar-refractivity contribution in [3.8, 4) is 5.75 Å². The average Bonchev–Trinajstić information content (AvgIpc) is 2.66. The third kappa shape index (κ3) is 2.15. The van der Waals surface area contributed by atoms with Gasteiger partial charge in [-0.1, -0.05) is 18.2 Å². The Balaban J connectivity index is 2.20. The summed E-state index contributed by atoms with van der Waals surface area (Å²) in [5, 5.41) is 18.4. The van der Waals surface area contributed by atoms with E-state index in [0.29, 0.717) is 12.2 Å². The zero-order chi connectivity index (χ0) is 11.5. The van der Waals surface area contributed by atoms with E-state index >= 15 is 0 Å². The van der Waals surface area contributed by atoms with Gasteiger partial charge in [-0.05, 0) is 6.07 Å². The molecule has 16 heavy (non-hydrogen) atoms. The van der Waals surface area contributed by atoms with Crippen molar-refractivity contribution in [2.75, 3.05) is 19.9 Å². The molecule has 86 valence electrons. The predicted molar refractivity (Wildman–Crippen MR) is 56.0 cm³/mol. The van der Waals surface area contributed by atoms with E-state index < -0.39 is 5.97 Å². The molecule has 1 aromatic rings. The van der Waals surface area contributed by atoms with Crippen molar-refractivity contribution in [2.45, 2.75) is 6.04 Å². The number of hydrogen-bond acceptors (Lipinski definition) is 4. The van der Waals surface area contributed by atoms with E-state index in [0.717, 1.165) is 0 Å². The Labute approximate surface area is 92.9 Å². The number of ether oxygens (including phenoxy) is 1. The summed E-state index contributed by atoms with van der Waals surface area (Å²) in [4.78, 5) is 12.3. The Kier molecular flexibility index (Phi) is 3.07. The maximum atomic E-state index is 10.7. The fourth-order valence-corrected chi connectivity index (χ4v) is 1.86. The summed E-state index contributed by atoms with van der Waals surface area (Å²) in [6.07, 6.45) is 0. The predicted octanol–water partition coefficient (Wildman–Crippen LogP) is 0.808. The van der Waals surface area contributed by atoms with Crippen LogP contribution in [0.5, 0.6) is 5.75 Å². The van der Waals surface area contributed by atoms with Crippen LogP contribution in [0.25, 0.3) is 0 Å². The van der Waals surface area contributed by atoms with E-state index in [9.17, 15) is 9.90 Å². The van der Waals surface area contributed by atoms with Crippen molar-refractivity contribution >= 4 is 5.97 Å². The van der Waals surface area contributed by atoms with Crippen LogP contribution in [0.4, 0.5) is 0 Å². The van der Waals surface area contributed by atoms with Gasteiger partial charge in [-0.15, -0.1) is 0 Å². The van der Waals surface area contributed by atoms with E-state index in [-0.39, 0.29) is 25.1 Å². The number of aliphatic carboxylic acids is 1. The summed E-state index contributed by atoms with van der Waals surface area (Å²) in [5.74, 6) is -0.723. The molecule has 0 unspecified atom stereocenters. The van der Waals surface area contributed by atoms with Gasteiger partial charge in [0.15, 0.2) is 0 Å². The van der Waals surface area contributed by atoms with Crippen molar-refractivity contribution in [3.63, 3.8) is 0 Å². The van der Waals surface area contributed by atoms with Gasteiger partial charge in [-0.25, -0.2) is 0 Å². The number of rotatable bonds is 3. The zero-order valence-electron chi connectivity index (χ0n) is 8.67. The van der Waals surface area contributed by atoms with Gasteiger partial charge in [0.1, 0.15) is 12.5 Å². The van der Waals surface area contributed by atoms with E-state index in [2.05, 4.69) is 0 Å². The number of hydrogen-bond donors (Lipinski definition) is 2. The summed E-state index contributed by atoms with van der Waals surface area (Å²) in [7, 11) is 0. The second-order valence-corrected chi connectivity index (χ2v) is 3.72. The molecule has 1 saturated heterocycles. The highest BCUT2D eigenvalue weighted by atomic mass is 16.5. The van der Waals surface area contributed by atoms with Crippen LogP contribution in [0.1, 0.15) is 11.6 Å². The smallest absolute Gasteiger partial charge is 0.317 e. The Morgan fingerprint density at radius 1 is 1.50 bits per heavy atom. The quantitative estimate of drug-likeness (QED) is 0.793. The molecule has 0 spiro atoms. The van der Waals surface area contributed by atoms with Crippen LogP contribution in [0.15, 0.2) is 24.3 Å². The summed E-state index contributed by atoms with van der Waals surface area (Å²) >= 11 is 0. The number of carbonyl (C=O) groups is 1. The number of nitrogens with zero attached hydrogens (tertiary/aromatic N) is 1. The number of carboxylic acids is 1. The largest absolute Gasteiger partial charge is 0.508 e. The lowest BCUT2D eigenvalue weighted by atomic mass is 10.1. The van der Waals surface area contributed by atoms with Gasteiger partial charge in [-0.3, -0.25) is 9.69 Å². The molecule has 0 saturated carbocycles. The summed E-state index contributed by atoms with van der Waals surface area (Å²) in [5.41, 5.74) is 0.709. The molecule has 2 N–H and O–H groups in total. The van der Waals surface area contributed by atoms with E-state index in [1.54, 1.807) is 23.1 Å². The van der Waals surface area contributed by atoms with Gasteiger partial charge < -0.3 is 14.9 Å². The summed E-state index contributed by atoms with van der Waals surface area (Å²) in [6, 6.07) is 6.73. The van der Waals surface area contributed by atoms with Gasteiger partial charge >= 0.3 is 5.97 Å². The highest BCUT2D eigenvalue weighted by molar-refractivity contribution is 5.69. The molecular formula is C11H13NO4. The molecule has 0 aromatic heterocycles. The molecule has 2 rings (SSSR count). The van der Waals surface area contributed by atoms with Gasteiger partial charge in [0.2, 0.25) is 0 Å². The van der Waals surface area contributed by atoms with Crippen LogP contribution < -0.4 is 0 Å². The van der Waals surface area contributed by atoms with Crippen molar-refractivity contribution < 1.29 is 19.7 Å². The van der Waals surface area contributed by atoms with Crippen molar-refractivity contribution in [3.05, 3.63) is 29.8 Å². The Hall–Kier alpha value is -1.59. The normalized spacial score (nSPS) is 21.1. The molecule has 1 heterocycles. The summed E-state index contributed by atoms with van der Waals surface area (Å²) < 4.78 is 5.23. The maximum absolute atomic E-state index is 10.7. The molecule has 1 fully saturated rings. The number of phenols is 1. The van der Waals surface area contributed by atoms with Gasteiger partial charge in [0.05, 0.1) is 19.2 Å². The highest BCUT2D eigenvalue weighted by Crippen LogP contribution is 2.31. The minimum atomic E-state index is -0.897. The van der Waals surface area contributed by atoms with Crippen LogP contribution in [-0.4, -0.2) is 41.0 Å². The highest BCUT2D eigenvalue weighted by Gasteiger charge is 2.29. The van der Waals surface area contributed by atoms with E-state index in [4.69, 9.17) is 9.84 Å². The molecule has 1 aromatic carbocycles. The lowest BCUT2D eigenvalue weighted by Crippen LogP contribution is -2.30. The van der Waals surface area contributed by atoms with Crippen LogP contribution in [-0.2, 0) is 9.53 Å². The van der Waals surface area contributed by atoms with Gasteiger partial charge in [0, 0.05) is 5.56 Å². The van der Waals surface area contributed by atoms with Crippen molar-refractivity contribution in [2.24, 2.45) is 0 Å². The monoisotopic (exact) mass is 223 g/mol. The topological polar surface area (TPSA) is 70.0 Å². The lowest BCUT2D eigenvalue weighted by Gasteiger charge is -2.21. The Morgan fingerprint density at radius 2 is 2.25 bits per heavy atom. The van der Waals surface area contributed by atoms with Crippen molar-refractivity contribution in [1.29, 1.82) is 0 Å². The molecule has 0 bridgehead atoms. The standard InChI is InChI=1S/C11H13NO4/c13-10-4-2-1-3-8(10)9-6-16-7-12(9)5-11(14)15/h1-4,9,13H,5-7H2,(H,14,15)/t9-/m1/s1. The molecule has 1 atom stereocenters. The van der Waals surface area contributed by atoms with Crippen molar-refractivity contribution in [1.82, 2.24) is 4.90 Å². The number of phenolic OH excluding ortho intramolecular Hbond substituents is 1. The molecule has 5 nitrogen and oxygen atoms in total. The number of aromatic hydroxyl groups is 1. The first kappa shape index (κ1) is 10.9. The molecule has 1 aliphatic rings. The SMILES string of the molecule is O=C(O)CN1COC[C@@H]1c1ccccc1O. The van der Waals surface area contributed by atoms with Crippen LogP contribution in [0.2, 0.25) is 0 Å². The van der Waals surface area contributed by atoms with E-state index in [1.165, 1.54) is 0 Å². The van der Waals surface area contributed by atoms with Crippen LogP contribution in [0, 0.1) is 0 Å². The average molecular weight is 223 g/mol. The molecule has 0 radical (unpaired) electrons. The first-order valence-electron chi connectivity index (χ1n) is 5.00. The van der Waals surface area contributed by atoms with Crippen LogP contribution in [0.3, 0.4) is 0 Å².